The van der Waals surface area contributed by atoms with Crippen molar-refractivity contribution < 1.29 is 29.6 Å². The number of phenolic OH excluding ortho intramolecular Hbond substituents is 2. The van der Waals surface area contributed by atoms with Crippen molar-refractivity contribution >= 4 is 11.7 Å². The lowest BCUT2D eigenvalue weighted by Crippen LogP contribution is -2.50. The number of aliphatic hydroxyl groups excluding tert-OH is 1. The Morgan fingerprint density at radius 1 is 0.971 bits per heavy atom. The van der Waals surface area contributed by atoms with Crippen LogP contribution in [0, 0.1) is 47.3 Å². The average molecular weight is 948 g/mol. The number of methoxy groups -OCH3 is 1. The van der Waals surface area contributed by atoms with Gasteiger partial charge in [-0.05, 0) is 177 Å². The van der Waals surface area contributed by atoms with E-state index in [1.165, 1.54) is 23.1 Å². The summed E-state index contributed by atoms with van der Waals surface area (Å²) in [5.41, 5.74) is 16.2. The smallest absolute Gasteiger partial charge is 0.189 e. The summed E-state index contributed by atoms with van der Waals surface area (Å²) >= 11 is 0. The van der Waals surface area contributed by atoms with E-state index >= 15 is 0 Å². The van der Waals surface area contributed by atoms with Gasteiger partial charge in [-0.3, -0.25) is 4.79 Å². The molecule has 8 bridgehead atoms. The van der Waals surface area contributed by atoms with Crippen molar-refractivity contribution in [1.82, 2.24) is 5.32 Å². The van der Waals surface area contributed by atoms with Crippen molar-refractivity contribution in [2.75, 3.05) is 20.3 Å². The van der Waals surface area contributed by atoms with Crippen molar-refractivity contribution in [3.63, 3.8) is 0 Å². The zero-order chi connectivity index (χ0) is 48.5. The molecule has 3 saturated carbocycles. The Hall–Kier alpha value is -5.04. The lowest BCUT2D eigenvalue weighted by molar-refractivity contribution is -0.115. The number of aromatic hydroxyl groups is 2. The van der Waals surface area contributed by atoms with E-state index in [1.807, 2.05) is 18.2 Å². The number of allylic oxidation sites excluding steroid dienone is 4. The van der Waals surface area contributed by atoms with Gasteiger partial charge in [0.1, 0.15) is 5.75 Å². The van der Waals surface area contributed by atoms with Crippen molar-refractivity contribution in [2.45, 2.75) is 165 Å². The Bertz CT molecular complexity index is 2570. The number of phenols is 2. The molecule has 9 heteroatoms. The molecule has 1 heterocycles. The number of Topliss-reactive ketones (excluding diaryl/α,β-unsaturated/α-hetero) is 1. The minimum atomic E-state index is -0.358. The molecule has 0 saturated heterocycles. The number of fused-ring (bicyclic) bond motifs is 11. The highest BCUT2D eigenvalue weighted by Gasteiger charge is 2.49. The van der Waals surface area contributed by atoms with E-state index in [0.717, 1.165) is 110 Å². The summed E-state index contributed by atoms with van der Waals surface area (Å²) in [6.07, 6.45) is 20.9. The standard InChI is InChI=1S/C61H77N3O6/c1-4-40-30-42(18-19-43(40)35-65)55(67)21-20-41-34-56(70-49-15-6-7-16-49)59(68)58-50(41)17-11-14-47-31-45-33-52-51(24-37(2)25-53(52)57(58)54(45)36-69-3)44-27-39(29-48(66)32-44)26-38-12-10-13-46(28-38)61(64-60(62)63-47)22-8-5-9-23-61/h10,12-13,27-30,32-34,37,40,43,45,47,49,51,53-54,57,65-66,68H,4-9,14-16,18-26,31,35-36H2,1-3H3,(H3,62,63,64)/t37-,40-,43+,45-,47-,51-,53-,54+,57+/m0/s1. The number of nitrogens with two attached hydrogens (primary N) is 1. The highest BCUT2D eigenvalue weighted by Crippen LogP contribution is 2.59. The van der Waals surface area contributed by atoms with Gasteiger partial charge in [0, 0.05) is 49.5 Å². The number of ketones is 1. The molecule has 7 aliphatic rings. The number of nitrogens with zero attached hydrogens (tertiary/aromatic N) is 1. The molecule has 3 aromatic rings. The number of hydrogen-bond donors (Lipinski definition) is 5. The van der Waals surface area contributed by atoms with Crippen LogP contribution in [0.15, 0.2) is 76.8 Å². The fourth-order valence-electron chi connectivity index (χ4n) is 14.5. The van der Waals surface area contributed by atoms with Crippen molar-refractivity contribution in [3.8, 4) is 29.1 Å². The maximum atomic E-state index is 14.3. The molecule has 0 amide bonds. The Morgan fingerprint density at radius 3 is 2.59 bits per heavy atom. The molecule has 70 heavy (non-hydrogen) atoms. The first-order chi connectivity index (χ1) is 34.0. The van der Waals surface area contributed by atoms with E-state index in [-0.39, 0.29) is 83.0 Å². The maximum absolute atomic E-state index is 14.3. The van der Waals surface area contributed by atoms with Crippen LogP contribution < -0.4 is 15.8 Å². The molecule has 9 nitrogen and oxygen atoms in total. The highest BCUT2D eigenvalue weighted by atomic mass is 16.5. The van der Waals surface area contributed by atoms with Gasteiger partial charge < -0.3 is 35.8 Å². The normalized spacial score (nSPS) is 29.4. The van der Waals surface area contributed by atoms with Crippen LogP contribution in [0.2, 0.25) is 0 Å². The minimum absolute atomic E-state index is 0.00357. The van der Waals surface area contributed by atoms with Gasteiger partial charge in [0.05, 0.1) is 24.3 Å². The molecule has 1 spiro atoms. The van der Waals surface area contributed by atoms with Crippen LogP contribution in [0.1, 0.15) is 174 Å². The molecule has 6 N–H and O–H groups in total. The van der Waals surface area contributed by atoms with Crippen LogP contribution in [0.25, 0.3) is 0 Å². The quantitative estimate of drug-likeness (QED) is 0.0997. The van der Waals surface area contributed by atoms with Gasteiger partial charge in [0.2, 0.25) is 0 Å². The first-order valence-electron chi connectivity index (χ1n) is 27.2. The molecule has 6 aliphatic carbocycles. The summed E-state index contributed by atoms with van der Waals surface area (Å²) in [5.74, 6) is 9.46. The second kappa shape index (κ2) is 21.0. The molecular weight excluding hydrogens is 871 g/mol. The van der Waals surface area contributed by atoms with Crippen LogP contribution in [0.4, 0.5) is 0 Å². The van der Waals surface area contributed by atoms with Crippen LogP contribution in [-0.2, 0) is 27.9 Å². The van der Waals surface area contributed by atoms with Crippen molar-refractivity contribution in [1.29, 1.82) is 0 Å². The van der Waals surface area contributed by atoms with Gasteiger partial charge in [-0.2, -0.15) is 0 Å². The second-order valence-electron chi connectivity index (χ2n) is 22.6. The van der Waals surface area contributed by atoms with E-state index < -0.39 is 0 Å². The van der Waals surface area contributed by atoms with E-state index in [1.54, 1.807) is 7.11 Å². The Balaban J connectivity index is 1.16. The lowest BCUT2D eigenvalue weighted by Gasteiger charge is -2.49. The number of nitrogens with one attached hydrogen (secondary N) is 1. The molecular formula is C61H77N3O6. The number of benzene rings is 3. The number of carbonyl (C=O) groups excluding carboxylic acids is 1. The van der Waals surface area contributed by atoms with E-state index in [9.17, 15) is 20.1 Å². The molecule has 10 rings (SSSR count). The third-order valence-corrected chi connectivity index (χ3v) is 17.9. The Labute approximate surface area is 416 Å². The summed E-state index contributed by atoms with van der Waals surface area (Å²) in [5, 5.41) is 38.6. The van der Waals surface area contributed by atoms with Crippen molar-refractivity contribution in [3.05, 3.63) is 111 Å². The minimum Gasteiger partial charge on any atom is -0.508 e. The predicted molar refractivity (Wildman–Crippen MR) is 277 cm³/mol. The van der Waals surface area contributed by atoms with Crippen LogP contribution >= 0.6 is 0 Å². The molecule has 0 radical (unpaired) electrons. The summed E-state index contributed by atoms with van der Waals surface area (Å²) in [4.78, 5) is 19.7. The van der Waals surface area contributed by atoms with E-state index in [4.69, 9.17) is 20.2 Å². The SMILES string of the molecule is CC[C@H]1C=C(C(=O)CCc2cc(OC3CCCC3)c(O)c3c2C#CC[C@H]2C[C@H]4C=C5[C@@H](C[C@H](C)C[C@@H]5[C@@H]3[C@@H]4COC)c3cc(O)cc(c3)Cc3cccc(c3)C3(CCCCC3)NC(N)=N2)CC[C@@H]1CO. The number of carbonyl (C=O) groups is 1. The van der Waals surface area contributed by atoms with Crippen LogP contribution in [0.3, 0.4) is 0 Å². The zero-order valence-corrected chi connectivity index (χ0v) is 42.0. The number of aliphatic imine (C=N–C) groups is 1. The predicted octanol–water partition coefficient (Wildman–Crippen LogP) is 11.2. The summed E-state index contributed by atoms with van der Waals surface area (Å²) < 4.78 is 13.1. The molecule has 1 aliphatic heterocycles. The molecule has 3 fully saturated rings. The number of guanidine groups is 1. The summed E-state index contributed by atoms with van der Waals surface area (Å²) in [6, 6.07) is 17.0. The van der Waals surface area contributed by atoms with Gasteiger partial charge in [-0.1, -0.05) is 93.0 Å². The second-order valence-corrected chi connectivity index (χ2v) is 22.6. The lowest BCUT2D eigenvalue weighted by atomic mass is 9.55. The molecule has 372 valence electrons. The first-order valence-corrected chi connectivity index (χ1v) is 27.2. The summed E-state index contributed by atoms with van der Waals surface area (Å²) in [6.45, 7) is 5.11. The number of aliphatic hydroxyl groups is 1. The number of ether oxygens (including phenoxy) is 2. The monoisotopic (exact) mass is 948 g/mol. The molecule has 3 aromatic carbocycles. The topological polar surface area (TPSA) is 147 Å². The fourth-order valence-corrected chi connectivity index (χ4v) is 14.5. The molecule has 0 unspecified atom stereocenters. The largest absolute Gasteiger partial charge is 0.508 e. The molecule has 9 atom stereocenters. The molecule has 0 aromatic heterocycles. The van der Waals surface area contributed by atoms with Gasteiger partial charge in [0.25, 0.3) is 0 Å². The Kier molecular flexibility index (Phi) is 14.6. The van der Waals surface area contributed by atoms with E-state index in [0.29, 0.717) is 62.8 Å². The van der Waals surface area contributed by atoms with Crippen LogP contribution in [0.5, 0.6) is 17.2 Å². The van der Waals surface area contributed by atoms with Gasteiger partial charge in [-0.15, -0.1) is 0 Å². The van der Waals surface area contributed by atoms with Gasteiger partial charge >= 0.3 is 0 Å². The van der Waals surface area contributed by atoms with Crippen LogP contribution in [-0.4, -0.2) is 59.5 Å². The number of hydrogen-bond acceptors (Lipinski definition) is 9. The third kappa shape index (κ3) is 9.94. The average Bonchev–Trinajstić information content (AvgIpc) is 3.87. The van der Waals surface area contributed by atoms with E-state index in [2.05, 4.69) is 73.5 Å². The maximum Gasteiger partial charge on any atom is 0.189 e. The number of rotatable bonds is 10. The fraction of sp³-hybridized carbons (Fsp3) is 0.574. The third-order valence-electron chi connectivity index (χ3n) is 17.9. The Morgan fingerprint density at radius 2 is 1.80 bits per heavy atom. The van der Waals surface area contributed by atoms with Gasteiger partial charge in [-0.25, -0.2) is 4.99 Å². The highest BCUT2D eigenvalue weighted by molar-refractivity contribution is 5.95. The van der Waals surface area contributed by atoms with Crippen molar-refractivity contribution in [2.24, 2.45) is 46.2 Å². The summed E-state index contributed by atoms with van der Waals surface area (Å²) in [7, 11) is 1.79. The number of aryl methyl sites for hydroxylation is 1. The first kappa shape index (κ1) is 48.6. The van der Waals surface area contributed by atoms with Gasteiger partial charge in [0.15, 0.2) is 23.2 Å². The zero-order valence-electron chi connectivity index (χ0n) is 42.0.